The van der Waals surface area contributed by atoms with Crippen LogP contribution in [0.5, 0.6) is 0 Å². The monoisotopic (exact) mass is 307 g/mol. The molecule has 0 bridgehead atoms. The molecule has 3 heterocycles. The maximum atomic E-state index is 12.8. The molecule has 0 aromatic rings. The molecule has 1 unspecified atom stereocenters. The van der Waals surface area contributed by atoms with E-state index in [2.05, 4.69) is 5.32 Å². The van der Waals surface area contributed by atoms with E-state index in [0.29, 0.717) is 13.1 Å². The van der Waals surface area contributed by atoms with Gasteiger partial charge in [0, 0.05) is 32.6 Å². The highest BCUT2D eigenvalue weighted by atomic mass is 16.5. The predicted molar refractivity (Wildman–Crippen MR) is 82.2 cm³/mol. The summed E-state index contributed by atoms with van der Waals surface area (Å²) in [5.74, 6) is 0.971. The first kappa shape index (κ1) is 15.2. The minimum Gasteiger partial charge on any atom is -0.497 e. The molecule has 122 valence electrons. The molecule has 1 N–H and O–H groups in total. The summed E-state index contributed by atoms with van der Waals surface area (Å²) in [6, 6.07) is 0.157. The number of piperidine rings is 1. The summed E-state index contributed by atoms with van der Waals surface area (Å²) in [6.07, 6.45) is 4.43. The third kappa shape index (κ3) is 2.91. The van der Waals surface area contributed by atoms with Gasteiger partial charge in [-0.2, -0.15) is 0 Å². The van der Waals surface area contributed by atoms with Gasteiger partial charge in [-0.3, -0.25) is 4.79 Å². The molecule has 6 nitrogen and oxygen atoms in total. The van der Waals surface area contributed by atoms with Crippen LogP contribution in [0.2, 0.25) is 0 Å². The molecule has 3 rings (SSSR count). The molecule has 3 amide bonds. The van der Waals surface area contributed by atoms with Crippen LogP contribution in [0.3, 0.4) is 0 Å². The Bertz CT molecular complexity index is 489. The summed E-state index contributed by atoms with van der Waals surface area (Å²) >= 11 is 0. The lowest BCUT2D eigenvalue weighted by atomic mass is 10.00. The molecule has 1 atom stereocenters. The van der Waals surface area contributed by atoms with Crippen molar-refractivity contribution in [3.63, 3.8) is 0 Å². The number of carbonyl (C=O) groups is 2. The summed E-state index contributed by atoms with van der Waals surface area (Å²) in [6.45, 7) is 5.63. The number of nitrogens with zero attached hydrogens (tertiary/aromatic N) is 2. The van der Waals surface area contributed by atoms with E-state index < -0.39 is 0 Å². The molecular weight excluding hydrogens is 282 g/mol. The highest BCUT2D eigenvalue weighted by molar-refractivity contribution is 5.94. The van der Waals surface area contributed by atoms with Crippen LogP contribution >= 0.6 is 0 Å². The Hall–Kier alpha value is -1.72. The largest absolute Gasteiger partial charge is 0.497 e. The van der Waals surface area contributed by atoms with E-state index in [-0.39, 0.29) is 18.0 Å². The molecular formula is C16H25N3O3. The topological polar surface area (TPSA) is 61.9 Å². The van der Waals surface area contributed by atoms with Crippen LogP contribution in [0.1, 0.15) is 39.0 Å². The Balaban J connectivity index is 1.70. The van der Waals surface area contributed by atoms with Crippen LogP contribution in [0.4, 0.5) is 4.79 Å². The van der Waals surface area contributed by atoms with Gasteiger partial charge in [0.15, 0.2) is 0 Å². The van der Waals surface area contributed by atoms with Gasteiger partial charge >= 0.3 is 6.03 Å². The van der Waals surface area contributed by atoms with Crippen molar-refractivity contribution in [1.29, 1.82) is 0 Å². The van der Waals surface area contributed by atoms with E-state index in [4.69, 9.17) is 4.74 Å². The van der Waals surface area contributed by atoms with E-state index in [1.54, 1.807) is 0 Å². The number of amides is 3. The second kappa shape index (κ2) is 6.58. The SMILES string of the molecule is CCC1=C(C(=O)N2CCCC(N3CCNC3=O)C2)CCCO1. The zero-order chi connectivity index (χ0) is 15.5. The van der Waals surface area contributed by atoms with Crippen molar-refractivity contribution in [2.24, 2.45) is 0 Å². The van der Waals surface area contributed by atoms with Gasteiger partial charge in [0.05, 0.1) is 18.2 Å². The number of rotatable bonds is 3. The summed E-state index contributed by atoms with van der Waals surface area (Å²) in [7, 11) is 0. The Kier molecular flexibility index (Phi) is 4.55. The number of hydrogen-bond acceptors (Lipinski definition) is 3. The third-order valence-electron chi connectivity index (χ3n) is 4.78. The lowest BCUT2D eigenvalue weighted by Crippen LogP contribution is -2.51. The normalized spacial score (nSPS) is 26.0. The maximum Gasteiger partial charge on any atom is 0.317 e. The van der Waals surface area contributed by atoms with Crippen molar-refractivity contribution in [1.82, 2.24) is 15.1 Å². The number of urea groups is 1. The van der Waals surface area contributed by atoms with Gasteiger partial charge in [-0.25, -0.2) is 4.79 Å². The fourth-order valence-corrected chi connectivity index (χ4v) is 3.63. The molecule has 6 heteroatoms. The van der Waals surface area contributed by atoms with Gasteiger partial charge in [-0.1, -0.05) is 6.92 Å². The van der Waals surface area contributed by atoms with Gasteiger partial charge in [0.2, 0.25) is 0 Å². The van der Waals surface area contributed by atoms with E-state index in [0.717, 1.165) is 63.1 Å². The average Bonchev–Trinajstić information content (AvgIpc) is 3.00. The summed E-state index contributed by atoms with van der Waals surface area (Å²) < 4.78 is 5.65. The van der Waals surface area contributed by atoms with Crippen LogP contribution in [-0.2, 0) is 9.53 Å². The van der Waals surface area contributed by atoms with Gasteiger partial charge in [-0.05, 0) is 25.7 Å². The predicted octanol–water partition coefficient (Wildman–Crippen LogP) is 1.48. The Morgan fingerprint density at radius 1 is 1.36 bits per heavy atom. The van der Waals surface area contributed by atoms with Crippen LogP contribution < -0.4 is 5.32 Å². The van der Waals surface area contributed by atoms with Crippen LogP contribution in [0.25, 0.3) is 0 Å². The minimum absolute atomic E-state index is 0.00811. The molecule has 0 aromatic heterocycles. The van der Waals surface area contributed by atoms with Crippen molar-refractivity contribution >= 4 is 11.9 Å². The van der Waals surface area contributed by atoms with Crippen molar-refractivity contribution < 1.29 is 14.3 Å². The van der Waals surface area contributed by atoms with E-state index in [9.17, 15) is 9.59 Å². The molecule has 0 saturated carbocycles. The van der Waals surface area contributed by atoms with E-state index >= 15 is 0 Å². The van der Waals surface area contributed by atoms with Gasteiger partial charge in [0.25, 0.3) is 5.91 Å². The van der Waals surface area contributed by atoms with E-state index in [1.165, 1.54) is 0 Å². The van der Waals surface area contributed by atoms with Crippen molar-refractivity contribution in [3.8, 4) is 0 Å². The fraction of sp³-hybridized carbons (Fsp3) is 0.750. The molecule has 0 aliphatic carbocycles. The zero-order valence-corrected chi connectivity index (χ0v) is 13.3. The molecule has 0 spiro atoms. The molecule has 2 saturated heterocycles. The Morgan fingerprint density at radius 2 is 2.23 bits per heavy atom. The lowest BCUT2D eigenvalue weighted by Gasteiger charge is -2.38. The van der Waals surface area contributed by atoms with Crippen molar-refractivity contribution in [3.05, 3.63) is 11.3 Å². The standard InChI is InChI=1S/C16H25N3O3/c1-2-14-13(6-4-10-22-14)15(20)18-8-3-5-12(11-18)19-9-7-17-16(19)21/h12H,2-11H2,1H3,(H,17,21). The van der Waals surface area contributed by atoms with Crippen molar-refractivity contribution in [2.75, 3.05) is 32.8 Å². The number of allylic oxidation sites excluding steroid dienone is 1. The zero-order valence-electron chi connectivity index (χ0n) is 13.3. The lowest BCUT2D eigenvalue weighted by molar-refractivity contribution is -0.129. The molecule has 0 radical (unpaired) electrons. The van der Waals surface area contributed by atoms with Crippen LogP contribution in [0.15, 0.2) is 11.3 Å². The molecule has 3 aliphatic heterocycles. The number of carbonyl (C=O) groups excluding carboxylic acids is 2. The van der Waals surface area contributed by atoms with Crippen LogP contribution in [-0.4, -0.2) is 60.6 Å². The highest BCUT2D eigenvalue weighted by Gasteiger charge is 2.34. The molecule has 2 fully saturated rings. The first-order chi connectivity index (χ1) is 10.7. The second-order valence-electron chi connectivity index (χ2n) is 6.18. The number of likely N-dealkylation sites (tertiary alicyclic amines) is 1. The first-order valence-corrected chi connectivity index (χ1v) is 8.39. The maximum absolute atomic E-state index is 12.8. The van der Waals surface area contributed by atoms with E-state index in [1.807, 2.05) is 16.7 Å². The second-order valence-corrected chi connectivity index (χ2v) is 6.18. The molecule has 0 aromatic carbocycles. The number of ether oxygens (including phenoxy) is 1. The summed E-state index contributed by atoms with van der Waals surface area (Å²) in [4.78, 5) is 28.5. The number of nitrogens with one attached hydrogen (secondary N) is 1. The molecule has 22 heavy (non-hydrogen) atoms. The smallest absolute Gasteiger partial charge is 0.317 e. The van der Waals surface area contributed by atoms with Crippen LogP contribution in [0, 0.1) is 0 Å². The first-order valence-electron chi connectivity index (χ1n) is 8.39. The average molecular weight is 307 g/mol. The van der Waals surface area contributed by atoms with Gasteiger partial charge in [-0.15, -0.1) is 0 Å². The minimum atomic E-state index is 0.00811. The van der Waals surface area contributed by atoms with Gasteiger partial charge in [0.1, 0.15) is 5.76 Å². The van der Waals surface area contributed by atoms with Gasteiger partial charge < -0.3 is 19.9 Å². The quantitative estimate of drug-likeness (QED) is 0.859. The fourth-order valence-electron chi connectivity index (χ4n) is 3.63. The summed E-state index contributed by atoms with van der Waals surface area (Å²) in [5, 5.41) is 2.84. The highest BCUT2D eigenvalue weighted by Crippen LogP contribution is 2.26. The summed E-state index contributed by atoms with van der Waals surface area (Å²) in [5.41, 5.74) is 0.847. The Morgan fingerprint density at radius 3 is 2.95 bits per heavy atom. The third-order valence-corrected chi connectivity index (χ3v) is 4.78. The van der Waals surface area contributed by atoms with Crippen molar-refractivity contribution in [2.45, 2.75) is 45.1 Å². The molecule has 3 aliphatic rings. The Labute approximate surface area is 131 Å². The number of hydrogen-bond donors (Lipinski definition) is 1.